The van der Waals surface area contributed by atoms with E-state index in [-0.39, 0.29) is 17.0 Å². The van der Waals surface area contributed by atoms with Crippen molar-refractivity contribution in [1.82, 2.24) is 10.2 Å². The number of carbonyl (C=O) groups is 4. The second-order valence-electron chi connectivity index (χ2n) is 5.67. The first-order valence-corrected chi connectivity index (χ1v) is 8.38. The highest BCUT2D eigenvalue weighted by Gasteiger charge is 2.54. The number of hydrogen-bond acceptors (Lipinski definition) is 6. The van der Waals surface area contributed by atoms with Crippen molar-refractivity contribution in [2.24, 2.45) is 0 Å². The molecule has 1 fully saturated rings. The minimum Gasteiger partial charge on any atom is -0.508 e. The van der Waals surface area contributed by atoms with Gasteiger partial charge in [0.2, 0.25) is 5.78 Å². The number of hydrogen-bond donors (Lipinski definition) is 3. The number of carbonyl (C=O) groups excluding carboxylic acids is 3. The molecule has 130 valence electrons. The van der Waals surface area contributed by atoms with Gasteiger partial charge in [-0.3, -0.25) is 19.3 Å². The summed E-state index contributed by atoms with van der Waals surface area (Å²) in [5.74, 6) is -3.15. The molecular formula is C16H14N2O6S. The number of rotatable bonds is 4. The fourth-order valence-electron chi connectivity index (χ4n) is 2.73. The molecule has 2 aliphatic rings. The quantitative estimate of drug-likeness (QED) is 0.401. The summed E-state index contributed by atoms with van der Waals surface area (Å²) >= 11 is 1.33. The van der Waals surface area contributed by atoms with Gasteiger partial charge in [-0.25, -0.2) is 4.79 Å². The minimum atomic E-state index is -1.19. The van der Waals surface area contributed by atoms with Gasteiger partial charge in [0.15, 0.2) is 0 Å². The molecule has 0 bridgehead atoms. The number of aliphatic carboxylic acids is 1. The van der Waals surface area contributed by atoms with E-state index >= 15 is 0 Å². The maximum atomic E-state index is 12.3. The standard InChI is InChI=1S/C16H14N2O6S/c1-7-6-25-15-10(14(22)18(15)11(7)16(23)24)17-13(21)12(20)8-2-4-9(19)5-3-8/h2-5,10,15,19H,6H2,1H3,(H,17,21)(H,23,24)/t10-,15-/m1/s1. The van der Waals surface area contributed by atoms with E-state index < -0.39 is 35.0 Å². The number of aromatic hydroxyl groups is 1. The largest absolute Gasteiger partial charge is 0.508 e. The summed E-state index contributed by atoms with van der Waals surface area (Å²) in [7, 11) is 0. The number of thioether (sulfide) groups is 1. The number of fused-ring (bicyclic) bond motifs is 1. The Balaban J connectivity index is 1.72. The van der Waals surface area contributed by atoms with Crippen molar-refractivity contribution in [2.75, 3.05) is 5.75 Å². The Morgan fingerprint density at radius 1 is 1.24 bits per heavy atom. The number of ketones is 1. The van der Waals surface area contributed by atoms with Crippen molar-refractivity contribution in [1.29, 1.82) is 0 Å². The molecule has 2 heterocycles. The van der Waals surface area contributed by atoms with Gasteiger partial charge < -0.3 is 15.5 Å². The van der Waals surface area contributed by atoms with Gasteiger partial charge >= 0.3 is 5.97 Å². The molecule has 2 aliphatic heterocycles. The van der Waals surface area contributed by atoms with E-state index in [0.29, 0.717) is 11.3 Å². The molecule has 2 amide bonds. The average Bonchev–Trinajstić information content (AvgIpc) is 2.58. The van der Waals surface area contributed by atoms with Crippen molar-refractivity contribution < 1.29 is 29.4 Å². The van der Waals surface area contributed by atoms with Crippen molar-refractivity contribution in [2.45, 2.75) is 18.3 Å². The van der Waals surface area contributed by atoms with E-state index in [2.05, 4.69) is 5.32 Å². The van der Waals surface area contributed by atoms with Crippen LogP contribution in [0.1, 0.15) is 17.3 Å². The molecule has 1 aromatic carbocycles. The van der Waals surface area contributed by atoms with E-state index in [1.165, 1.54) is 36.0 Å². The molecule has 1 aromatic rings. The molecule has 25 heavy (non-hydrogen) atoms. The van der Waals surface area contributed by atoms with Gasteiger partial charge in [-0.2, -0.15) is 0 Å². The number of phenolic OH excluding ortho intramolecular Hbond substituents is 1. The third kappa shape index (κ3) is 2.86. The lowest BCUT2D eigenvalue weighted by atomic mass is 10.0. The minimum absolute atomic E-state index is 0.0382. The smallest absolute Gasteiger partial charge is 0.352 e. The van der Waals surface area contributed by atoms with E-state index in [1.54, 1.807) is 6.92 Å². The van der Waals surface area contributed by atoms with Crippen LogP contribution in [0.5, 0.6) is 5.75 Å². The molecule has 0 unspecified atom stereocenters. The maximum absolute atomic E-state index is 12.3. The molecular weight excluding hydrogens is 348 g/mol. The van der Waals surface area contributed by atoms with Crippen LogP contribution < -0.4 is 5.32 Å². The second-order valence-corrected chi connectivity index (χ2v) is 6.78. The zero-order valence-electron chi connectivity index (χ0n) is 13.1. The van der Waals surface area contributed by atoms with E-state index in [4.69, 9.17) is 0 Å². The van der Waals surface area contributed by atoms with Crippen LogP contribution in [0, 0.1) is 0 Å². The number of benzene rings is 1. The van der Waals surface area contributed by atoms with Crippen LogP contribution in [0.4, 0.5) is 0 Å². The number of Topliss-reactive ketones (excluding diaryl/α,β-unsaturated/α-hetero) is 1. The summed E-state index contributed by atoms with van der Waals surface area (Å²) < 4.78 is 0. The molecule has 0 aromatic heterocycles. The summed E-state index contributed by atoms with van der Waals surface area (Å²) in [6.45, 7) is 1.64. The number of nitrogens with zero attached hydrogens (tertiary/aromatic N) is 1. The molecule has 3 rings (SSSR count). The van der Waals surface area contributed by atoms with E-state index in [9.17, 15) is 29.4 Å². The molecule has 3 N–H and O–H groups in total. The Kier molecular flexibility index (Phi) is 4.25. The normalized spacial score (nSPS) is 22.1. The van der Waals surface area contributed by atoms with E-state index in [0.717, 1.165) is 4.90 Å². The molecule has 1 saturated heterocycles. The van der Waals surface area contributed by atoms with Crippen LogP contribution in [0.15, 0.2) is 35.5 Å². The zero-order valence-corrected chi connectivity index (χ0v) is 13.9. The van der Waals surface area contributed by atoms with Gasteiger partial charge in [-0.05, 0) is 36.8 Å². The van der Waals surface area contributed by atoms with Crippen molar-refractivity contribution in [3.05, 3.63) is 41.1 Å². The van der Waals surface area contributed by atoms with Crippen LogP contribution in [0.3, 0.4) is 0 Å². The highest BCUT2D eigenvalue weighted by atomic mass is 32.2. The van der Waals surface area contributed by atoms with Crippen LogP contribution in [0.2, 0.25) is 0 Å². The Hall–Kier alpha value is -2.81. The number of phenols is 1. The lowest BCUT2D eigenvalue weighted by molar-refractivity contribution is -0.150. The Morgan fingerprint density at radius 3 is 2.48 bits per heavy atom. The summed E-state index contributed by atoms with van der Waals surface area (Å²) in [6.07, 6.45) is 0. The highest BCUT2D eigenvalue weighted by molar-refractivity contribution is 8.00. The SMILES string of the molecule is CC1=C(C(=O)O)N2C(=O)[C@@H](NC(=O)C(=O)c3ccc(O)cc3)[C@H]2SC1. The monoisotopic (exact) mass is 362 g/mol. The molecule has 8 nitrogen and oxygen atoms in total. The van der Waals surface area contributed by atoms with E-state index in [1.807, 2.05) is 0 Å². The first-order valence-electron chi connectivity index (χ1n) is 7.33. The predicted molar refractivity (Wildman–Crippen MR) is 87.8 cm³/mol. The number of amides is 2. The maximum Gasteiger partial charge on any atom is 0.352 e. The lowest BCUT2D eigenvalue weighted by Gasteiger charge is -2.49. The van der Waals surface area contributed by atoms with Crippen LogP contribution in [-0.4, -0.2) is 55.8 Å². The van der Waals surface area contributed by atoms with Gasteiger partial charge in [0.1, 0.15) is 22.9 Å². The van der Waals surface area contributed by atoms with Gasteiger partial charge in [0.05, 0.1) is 0 Å². The molecule has 0 aliphatic carbocycles. The van der Waals surface area contributed by atoms with Gasteiger partial charge in [-0.1, -0.05) is 0 Å². The van der Waals surface area contributed by atoms with Crippen molar-refractivity contribution in [3.8, 4) is 5.75 Å². The lowest BCUT2D eigenvalue weighted by Crippen LogP contribution is -2.71. The summed E-state index contributed by atoms with van der Waals surface area (Å²) in [5, 5.41) is 20.3. The van der Waals surface area contributed by atoms with Gasteiger partial charge in [0, 0.05) is 11.3 Å². The first-order chi connectivity index (χ1) is 11.8. The Morgan fingerprint density at radius 2 is 1.88 bits per heavy atom. The Labute approximate surface area is 146 Å². The molecule has 9 heteroatoms. The van der Waals surface area contributed by atoms with Crippen LogP contribution in [-0.2, 0) is 14.4 Å². The second kappa shape index (κ2) is 6.25. The van der Waals surface area contributed by atoms with Gasteiger partial charge in [0.25, 0.3) is 11.8 Å². The molecule has 0 spiro atoms. The number of carboxylic acids is 1. The number of β-lactam (4-membered cyclic amide) rings is 1. The number of carboxylic acid groups (broad SMARTS) is 1. The first kappa shape index (κ1) is 17.0. The topological polar surface area (TPSA) is 124 Å². The number of nitrogens with one attached hydrogen (secondary N) is 1. The third-order valence-corrected chi connectivity index (χ3v) is 5.41. The Bertz CT molecular complexity index is 816. The summed E-state index contributed by atoms with van der Waals surface area (Å²) in [5.41, 5.74) is 0.591. The van der Waals surface area contributed by atoms with Crippen molar-refractivity contribution >= 4 is 35.3 Å². The predicted octanol–water partition coefficient (Wildman–Crippen LogP) is 0.333. The van der Waals surface area contributed by atoms with Crippen LogP contribution in [0.25, 0.3) is 0 Å². The van der Waals surface area contributed by atoms with Crippen LogP contribution >= 0.6 is 11.8 Å². The van der Waals surface area contributed by atoms with Gasteiger partial charge in [-0.15, -0.1) is 11.8 Å². The fraction of sp³-hybridized carbons (Fsp3) is 0.250. The summed E-state index contributed by atoms with van der Waals surface area (Å²) in [4.78, 5) is 48.9. The fourth-order valence-corrected chi connectivity index (χ4v) is 4.02. The molecule has 2 atom stereocenters. The zero-order chi connectivity index (χ0) is 18.3. The molecule has 0 saturated carbocycles. The molecule has 0 radical (unpaired) electrons. The highest BCUT2D eigenvalue weighted by Crippen LogP contribution is 2.40. The summed E-state index contributed by atoms with van der Waals surface area (Å²) in [6, 6.07) is 4.22. The van der Waals surface area contributed by atoms with Crippen molar-refractivity contribution in [3.63, 3.8) is 0 Å². The third-order valence-electron chi connectivity index (χ3n) is 3.98. The average molecular weight is 362 g/mol.